The summed E-state index contributed by atoms with van der Waals surface area (Å²) in [6.07, 6.45) is 1.97. The molecule has 0 amide bonds. The standard InChI is InChI=1S/C15H24N2O2/c1-10-7-13-14(19-9-18-13)8-11(10)12(17-4)5-6-15(2,3)16/h7-8,12,17H,5-6,9,16H2,1-4H3. The van der Waals surface area contributed by atoms with Crippen molar-refractivity contribution >= 4 is 0 Å². The Kier molecular flexibility index (Phi) is 4.02. The van der Waals surface area contributed by atoms with Gasteiger partial charge >= 0.3 is 0 Å². The monoisotopic (exact) mass is 264 g/mol. The van der Waals surface area contributed by atoms with E-state index in [2.05, 4.69) is 38.2 Å². The van der Waals surface area contributed by atoms with Gasteiger partial charge in [0.05, 0.1) is 0 Å². The van der Waals surface area contributed by atoms with E-state index in [1.54, 1.807) is 0 Å². The van der Waals surface area contributed by atoms with Crippen molar-refractivity contribution in [3.05, 3.63) is 23.3 Å². The topological polar surface area (TPSA) is 56.5 Å². The summed E-state index contributed by atoms with van der Waals surface area (Å²) in [6.45, 7) is 6.55. The van der Waals surface area contributed by atoms with E-state index >= 15 is 0 Å². The second-order valence-electron chi connectivity index (χ2n) is 5.93. The van der Waals surface area contributed by atoms with Crippen LogP contribution in [0.4, 0.5) is 0 Å². The maximum absolute atomic E-state index is 6.07. The first-order valence-electron chi connectivity index (χ1n) is 6.77. The third-order valence-corrected chi connectivity index (χ3v) is 3.56. The molecule has 3 N–H and O–H groups in total. The maximum Gasteiger partial charge on any atom is 0.231 e. The molecule has 4 nitrogen and oxygen atoms in total. The Morgan fingerprint density at radius 1 is 1.32 bits per heavy atom. The fourth-order valence-electron chi connectivity index (χ4n) is 2.41. The highest BCUT2D eigenvalue weighted by atomic mass is 16.7. The van der Waals surface area contributed by atoms with Crippen molar-refractivity contribution in [3.63, 3.8) is 0 Å². The number of rotatable bonds is 5. The summed E-state index contributed by atoms with van der Waals surface area (Å²) in [5.41, 5.74) is 8.41. The Bertz CT molecular complexity index is 452. The van der Waals surface area contributed by atoms with Gasteiger partial charge < -0.3 is 20.5 Å². The van der Waals surface area contributed by atoms with Gasteiger partial charge in [-0.3, -0.25) is 0 Å². The van der Waals surface area contributed by atoms with Crippen molar-refractivity contribution in [2.75, 3.05) is 13.8 Å². The highest BCUT2D eigenvalue weighted by molar-refractivity contribution is 5.49. The molecule has 0 bridgehead atoms. The molecule has 2 rings (SSSR count). The van der Waals surface area contributed by atoms with Gasteiger partial charge in [0.2, 0.25) is 6.79 Å². The molecule has 0 aromatic heterocycles. The highest BCUT2D eigenvalue weighted by Crippen LogP contribution is 2.37. The molecule has 0 saturated heterocycles. The van der Waals surface area contributed by atoms with Crippen LogP contribution in [0.5, 0.6) is 11.5 Å². The van der Waals surface area contributed by atoms with Gasteiger partial charge in [-0.2, -0.15) is 0 Å². The zero-order valence-corrected chi connectivity index (χ0v) is 12.2. The minimum atomic E-state index is -0.140. The second-order valence-corrected chi connectivity index (χ2v) is 5.93. The van der Waals surface area contributed by atoms with Crippen molar-refractivity contribution in [2.24, 2.45) is 5.73 Å². The molecule has 0 radical (unpaired) electrons. The third kappa shape index (κ3) is 3.39. The predicted molar refractivity (Wildman–Crippen MR) is 76.6 cm³/mol. The average Bonchev–Trinajstić information content (AvgIpc) is 2.75. The van der Waals surface area contributed by atoms with E-state index in [0.29, 0.717) is 6.79 Å². The quantitative estimate of drug-likeness (QED) is 0.858. The Hall–Kier alpha value is -1.26. The lowest BCUT2D eigenvalue weighted by Gasteiger charge is -2.24. The molecule has 19 heavy (non-hydrogen) atoms. The molecule has 4 heteroatoms. The van der Waals surface area contributed by atoms with Crippen LogP contribution < -0.4 is 20.5 Å². The third-order valence-electron chi connectivity index (χ3n) is 3.56. The molecule has 1 unspecified atom stereocenters. The molecule has 1 atom stereocenters. The maximum atomic E-state index is 6.07. The summed E-state index contributed by atoms with van der Waals surface area (Å²) >= 11 is 0. The van der Waals surface area contributed by atoms with Crippen LogP contribution in [0, 0.1) is 6.92 Å². The van der Waals surface area contributed by atoms with Crippen molar-refractivity contribution in [1.82, 2.24) is 5.32 Å². The number of ether oxygens (including phenoxy) is 2. The lowest BCUT2D eigenvalue weighted by Crippen LogP contribution is -2.33. The highest BCUT2D eigenvalue weighted by Gasteiger charge is 2.21. The van der Waals surface area contributed by atoms with E-state index in [4.69, 9.17) is 15.2 Å². The molecular weight excluding hydrogens is 240 g/mol. The minimum Gasteiger partial charge on any atom is -0.454 e. The van der Waals surface area contributed by atoms with Gasteiger partial charge in [-0.15, -0.1) is 0 Å². The number of hydrogen-bond donors (Lipinski definition) is 2. The molecule has 0 saturated carbocycles. The van der Waals surface area contributed by atoms with Gasteiger partial charge in [-0.1, -0.05) is 0 Å². The largest absolute Gasteiger partial charge is 0.454 e. The van der Waals surface area contributed by atoms with E-state index in [1.165, 1.54) is 11.1 Å². The summed E-state index contributed by atoms with van der Waals surface area (Å²) in [4.78, 5) is 0. The molecule has 1 aliphatic rings. The van der Waals surface area contributed by atoms with Crippen LogP contribution in [0.1, 0.15) is 43.9 Å². The Labute approximate surface area is 115 Å². The number of nitrogens with two attached hydrogens (primary N) is 1. The van der Waals surface area contributed by atoms with E-state index in [9.17, 15) is 0 Å². The van der Waals surface area contributed by atoms with Gasteiger partial charge in [0, 0.05) is 11.6 Å². The summed E-state index contributed by atoms with van der Waals surface area (Å²) in [6, 6.07) is 4.43. The lowest BCUT2D eigenvalue weighted by molar-refractivity contribution is 0.174. The van der Waals surface area contributed by atoms with Crippen LogP contribution in [0.2, 0.25) is 0 Å². The molecule has 1 aliphatic heterocycles. The van der Waals surface area contributed by atoms with Crippen LogP contribution >= 0.6 is 0 Å². The van der Waals surface area contributed by atoms with Crippen LogP contribution in [-0.2, 0) is 0 Å². The first kappa shape index (κ1) is 14.2. The predicted octanol–water partition coefficient (Wildman–Crippen LogP) is 2.50. The van der Waals surface area contributed by atoms with Gasteiger partial charge in [-0.25, -0.2) is 0 Å². The molecular formula is C15H24N2O2. The first-order valence-corrected chi connectivity index (χ1v) is 6.77. The number of benzene rings is 1. The smallest absolute Gasteiger partial charge is 0.231 e. The number of nitrogens with one attached hydrogen (secondary N) is 1. The fourth-order valence-corrected chi connectivity index (χ4v) is 2.41. The summed E-state index contributed by atoms with van der Waals surface area (Å²) in [7, 11) is 1.98. The van der Waals surface area contributed by atoms with Gasteiger partial charge in [0.1, 0.15) is 0 Å². The van der Waals surface area contributed by atoms with Gasteiger partial charge in [0.15, 0.2) is 11.5 Å². The van der Waals surface area contributed by atoms with Crippen molar-refractivity contribution in [1.29, 1.82) is 0 Å². The van der Waals surface area contributed by atoms with Crippen molar-refractivity contribution in [2.45, 2.75) is 45.2 Å². The lowest BCUT2D eigenvalue weighted by atomic mass is 9.91. The van der Waals surface area contributed by atoms with Crippen molar-refractivity contribution in [3.8, 4) is 11.5 Å². The molecule has 0 fully saturated rings. The van der Waals surface area contributed by atoms with E-state index in [-0.39, 0.29) is 11.6 Å². The van der Waals surface area contributed by atoms with Crippen LogP contribution in [-0.4, -0.2) is 19.4 Å². The normalized spacial score (nSPS) is 15.6. The Morgan fingerprint density at radius 3 is 2.53 bits per heavy atom. The molecule has 1 aromatic rings. The van der Waals surface area contributed by atoms with Crippen LogP contribution in [0.25, 0.3) is 0 Å². The van der Waals surface area contributed by atoms with E-state index in [1.807, 2.05) is 7.05 Å². The zero-order valence-electron chi connectivity index (χ0n) is 12.2. The van der Waals surface area contributed by atoms with Gasteiger partial charge in [-0.05, 0) is 63.9 Å². The first-order chi connectivity index (χ1) is 8.90. The summed E-state index contributed by atoms with van der Waals surface area (Å²) in [5, 5.41) is 3.37. The van der Waals surface area contributed by atoms with Crippen molar-refractivity contribution < 1.29 is 9.47 Å². The molecule has 1 heterocycles. The molecule has 0 spiro atoms. The Morgan fingerprint density at radius 2 is 1.95 bits per heavy atom. The molecule has 1 aromatic carbocycles. The zero-order chi connectivity index (χ0) is 14.0. The average molecular weight is 264 g/mol. The minimum absolute atomic E-state index is 0.140. The van der Waals surface area contributed by atoms with E-state index in [0.717, 1.165) is 24.3 Å². The molecule has 0 aliphatic carbocycles. The number of hydrogen-bond acceptors (Lipinski definition) is 4. The fraction of sp³-hybridized carbons (Fsp3) is 0.600. The summed E-state index contributed by atoms with van der Waals surface area (Å²) < 4.78 is 10.9. The van der Waals surface area contributed by atoms with Crippen LogP contribution in [0.15, 0.2) is 12.1 Å². The Balaban J connectivity index is 2.18. The van der Waals surface area contributed by atoms with Crippen LogP contribution in [0.3, 0.4) is 0 Å². The number of fused-ring (bicyclic) bond motifs is 1. The number of aryl methyl sites for hydroxylation is 1. The second kappa shape index (κ2) is 5.39. The molecule has 106 valence electrons. The van der Waals surface area contributed by atoms with E-state index < -0.39 is 0 Å². The SMILES string of the molecule is CNC(CCC(C)(C)N)c1cc2c(cc1C)OCO2. The van der Waals surface area contributed by atoms with Gasteiger partial charge in [0.25, 0.3) is 0 Å². The summed E-state index contributed by atoms with van der Waals surface area (Å²) in [5.74, 6) is 1.68.